The van der Waals surface area contributed by atoms with Crippen LogP contribution in [0.2, 0.25) is 0 Å². The minimum absolute atomic E-state index is 0.193. The highest BCUT2D eigenvalue weighted by Crippen LogP contribution is 2.53. The maximum atomic E-state index is 5.87. The van der Waals surface area contributed by atoms with Gasteiger partial charge in [0.05, 0.1) is 17.3 Å². The molecular weight excluding hydrogens is 248 g/mol. The lowest BCUT2D eigenvalue weighted by atomic mass is 9.57. The van der Waals surface area contributed by atoms with Crippen molar-refractivity contribution >= 4 is 16.6 Å². The van der Waals surface area contributed by atoms with E-state index in [1.165, 1.54) is 11.8 Å². The van der Waals surface area contributed by atoms with Gasteiger partial charge in [-0.25, -0.2) is 0 Å². The van der Waals surface area contributed by atoms with E-state index in [2.05, 4.69) is 48.4 Å². The van der Waals surface area contributed by atoms with Crippen molar-refractivity contribution < 1.29 is 4.74 Å². The van der Waals surface area contributed by atoms with Crippen LogP contribution in [0, 0.1) is 11.3 Å². The summed E-state index contributed by atoms with van der Waals surface area (Å²) in [6.07, 6.45) is 3.45. The van der Waals surface area contributed by atoms with E-state index in [1.54, 1.807) is 0 Å². The molecule has 3 heteroatoms. The second kappa shape index (κ2) is 4.19. The molecule has 1 aromatic carbocycles. The van der Waals surface area contributed by atoms with Crippen molar-refractivity contribution in [3.05, 3.63) is 36.5 Å². The fraction of sp³-hybridized carbons (Fsp3) is 0.471. The third-order valence-electron chi connectivity index (χ3n) is 5.04. The van der Waals surface area contributed by atoms with Gasteiger partial charge in [0, 0.05) is 35.6 Å². The first-order valence-corrected chi connectivity index (χ1v) is 7.40. The zero-order valence-corrected chi connectivity index (χ0v) is 12.0. The summed E-state index contributed by atoms with van der Waals surface area (Å²) in [5.74, 6) is 0.643. The van der Waals surface area contributed by atoms with E-state index < -0.39 is 0 Å². The van der Waals surface area contributed by atoms with Crippen molar-refractivity contribution in [3.63, 3.8) is 0 Å². The van der Waals surface area contributed by atoms with Gasteiger partial charge in [-0.05, 0) is 18.6 Å². The summed E-state index contributed by atoms with van der Waals surface area (Å²) < 4.78 is 5.87. The van der Waals surface area contributed by atoms with Crippen molar-refractivity contribution in [2.75, 3.05) is 11.9 Å². The van der Waals surface area contributed by atoms with Gasteiger partial charge in [0.25, 0.3) is 0 Å². The van der Waals surface area contributed by atoms with Gasteiger partial charge >= 0.3 is 0 Å². The Morgan fingerprint density at radius 1 is 1.25 bits per heavy atom. The average Bonchev–Trinajstić information content (AvgIpc) is 2.92. The van der Waals surface area contributed by atoms with Crippen LogP contribution in [0.3, 0.4) is 0 Å². The maximum Gasteiger partial charge on any atom is 0.0933 e. The molecule has 104 valence electrons. The predicted octanol–water partition coefficient (Wildman–Crippen LogP) is 3.46. The number of aromatic nitrogens is 1. The first kappa shape index (κ1) is 12.2. The Morgan fingerprint density at radius 2 is 2.10 bits per heavy atom. The first-order chi connectivity index (χ1) is 9.68. The number of nitrogens with zero attached hydrogens (tertiary/aromatic N) is 1. The van der Waals surface area contributed by atoms with Crippen LogP contribution in [0.1, 0.15) is 20.3 Å². The van der Waals surface area contributed by atoms with Gasteiger partial charge in [0.15, 0.2) is 0 Å². The number of fused-ring (bicyclic) bond motifs is 2. The summed E-state index contributed by atoms with van der Waals surface area (Å²) in [5, 5.41) is 4.93. The highest BCUT2D eigenvalue weighted by atomic mass is 16.5. The number of pyridine rings is 1. The Morgan fingerprint density at radius 3 is 3.00 bits per heavy atom. The largest absolute Gasteiger partial charge is 0.380 e. The standard InChI is InChI=1S/C17H20N2O/c1-17(2)15(12-8-10-20-16(12)17)19-13-7-3-5-11-6-4-9-18-14(11)13/h3-7,9,12,15-16,19H,8,10H2,1-2H3. The molecule has 2 aromatic rings. The second-order valence-corrected chi connectivity index (χ2v) is 6.57. The van der Waals surface area contributed by atoms with Gasteiger partial charge in [0.2, 0.25) is 0 Å². The Balaban J connectivity index is 1.68. The molecule has 3 nitrogen and oxygen atoms in total. The van der Waals surface area contributed by atoms with Gasteiger partial charge in [-0.3, -0.25) is 4.98 Å². The van der Waals surface area contributed by atoms with Crippen LogP contribution in [0.5, 0.6) is 0 Å². The minimum Gasteiger partial charge on any atom is -0.380 e. The van der Waals surface area contributed by atoms with Crippen molar-refractivity contribution in [2.24, 2.45) is 11.3 Å². The normalized spacial score (nSPS) is 30.8. The van der Waals surface area contributed by atoms with Gasteiger partial charge in [0.1, 0.15) is 0 Å². The molecule has 1 N–H and O–H groups in total. The summed E-state index contributed by atoms with van der Waals surface area (Å²) >= 11 is 0. The van der Waals surface area contributed by atoms with E-state index in [0.29, 0.717) is 18.1 Å². The summed E-state index contributed by atoms with van der Waals surface area (Å²) in [5.41, 5.74) is 2.40. The van der Waals surface area contributed by atoms with Crippen molar-refractivity contribution in [3.8, 4) is 0 Å². The Kier molecular flexibility index (Phi) is 2.55. The van der Waals surface area contributed by atoms with Crippen LogP contribution in [0.4, 0.5) is 5.69 Å². The zero-order chi connectivity index (χ0) is 13.7. The first-order valence-electron chi connectivity index (χ1n) is 7.40. The van der Waals surface area contributed by atoms with Crippen LogP contribution in [-0.2, 0) is 4.74 Å². The summed E-state index contributed by atoms with van der Waals surface area (Å²) in [6.45, 7) is 5.51. The molecule has 0 amide bonds. The number of anilines is 1. The lowest BCUT2D eigenvalue weighted by Crippen LogP contribution is -2.63. The zero-order valence-electron chi connectivity index (χ0n) is 12.0. The van der Waals surface area contributed by atoms with Crippen molar-refractivity contribution in [1.29, 1.82) is 0 Å². The molecule has 0 bridgehead atoms. The van der Waals surface area contributed by atoms with E-state index >= 15 is 0 Å². The average molecular weight is 268 g/mol. The molecule has 3 unspecified atom stereocenters. The van der Waals surface area contributed by atoms with Gasteiger partial charge in [-0.1, -0.05) is 32.0 Å². The lowest BCUT2D eigenvalue weighted by molar-refractivity contribution is -0.0922. The van der Waals surface area contributed by atoms with E-state index in [-0.39, 0.29) is 5.41 Å². The number of hydrogen-bond donors (Lipinski definition) is 1. The second-order valence-electron chi connectivity index (χ2n) is 6.57. The van der Waals surface area contributed by atoms with Crippen molar-refractivity contribution in [1.82, 2.24) is 4.98 Å². The fourth-order valence-corrected chi connectivity index (χ4v) is 4.01. The number of para-hydroxylation sites is 1. The van der Waals surface area contributed by atoms with Crippen LogP contribution >= 0.6 is 0 Å². The molecule has 2 heterocycles. The number of hydrogen-bond acceptors (Lipinski definition) is 3. The SMILES string of the molecule is CC1(C)C(Nc2cccc3cccnc23)C2CCOC21. The van der Waals surface area contributed by atoms with E-state index in [4.69, 9.17) is 4.74 Å². The van der Waals surface area contributed by atoms with E-state index in [0.717, 1.165) is 17.8 Å². The number of benzene rings is 1. The molecule has 1 aliphatic heterocycles. The van der Waals surface area contributed by atoms with Gasteiger partial charge in [-0.15, -0.1) is 0 Å². The third-order valence-corrected chi connectivity index (χ3v) is 5.04. The van der Waals surface area contributed by atoms with Crippen LogP contribution in [0.15, 0.2) is 36.5 Å². The molecule has 0 spiro atoms. The van der Waals surface area contributed by atoms with E-state index in [1.807, 2.05) is 12.3 Å². The maximum absolute atomic E-state index is 5.87. The number of nitrogens with one attached hydrogen (secondary N) is 1. The summed E-state index contributed by atoms with van der Waals surface area (Å²) in [4.78, 5) is 4.53. The fourth-order valence-electron chi connectivity index (χ4n) is 4.01. The molecule has 1 aliphatic carbocycles. The predicted molar refractivity (Wildman–Crippen MR) is 80.8 cm³/mol. The summed E-state index contributed by atoms with van der Waals surface area (Å²) in [7, 11) is 0. The molecule has 3 atom stereocenters. The number of ether oxygens (including phenoxy) is 1. The van der Waals surface area contributed by atoms with Crippen LogP contribution < -0.4 is 5.32 Å². The Labute approximate surface area is 119 Å². The molecule has 20 heavy (non-hydrogen) atoms. The monoisotopic (exact) mass is 268 g/mol. The van der Waals surface area contributed by atoms with Gasteiger partial charge in [-0.2, -0.15) is 0 Å². The molecule has 2 aliphatic rings. The highest BCUT2D eigenvalue weighted by molar-refractivity contribution is 5.90. The highest BCUT2D eigenvalue weighted by Gasteiger charge is 2.59. The quantitative estimate of drug-likeness (QED) is 0.905. The smallest absolute Gasteiger partial charge is 0.0933 e. The molecule has 1 saturated heterocycles. The topological polar surface area (TPSA) is 34.2 Å². The Bertz CT molecular complexity index is 647. The minimum atomic E-state index is 0.193. The molecule has 1 aromatic heterocycles. The van der Waals surface area contributed by atoms with E-state index in [9.17, 15) is 0 Å². The molecule has 1 saturated carbocycles. The van der Waals surface area contributed by atoms with Crippen LogP contribution in [-0.4, -0.2) is 23.7 Å². The summed E-state index contributed by atoms with van der Waals surface area (Å²) in [6, 6.07) is 10.9. The van der Waals surface area contributed by atoms with Gasteiger partial charge < -0.3 is 10.1 Å². The third kappa shape index (κ3) is 1.59. The van der Waals surface area contributed by atoms with Crippen LogP contribution in [0.25, 0.3) is 10.9 Å². The molecule has 0 radical (unpaired) electrons. The molecular formula is C17H20N2O. The molecule has 2 fully saturated rings. The molecule has 4 rings (SSSR count). The van der Waals surface area contributed by atoms with Crippen molar-refractivity contribution in [2.45, 2.75) is 32.4 Å². The lowest BCUT2D eigenvalue weighted by Gasteiger charge is -2.55. The Hall–Kier alpha value is -1.61. The number of rotatable bonds is 2.